The standard InChI is InChI=1S/C21H29N3O4S/c1-15-11-16(2)14-24(13-15)29(26,27)19-8-6-18(7-9-19)23-21(25)12-22-17(3)20-5-4-10-28-20/h4-10,15-17,22H,11-14H2,1-3H3,(H,23,25)/p+1/t15-,16+,17-/m0/s1. The number of carbonyl (C=O) groups excluding carboxylic acids is 1. The van der Waals surface area contributed by atoms with E-state index in [0.29, 0.717) is 30.6 Å². The lowest BCUT2D eigenvalue weighted by molar-refractivity contribution is -0.684. The number of quaternary nitrogens is 1. The average Bonchev–Trinajstić information content (AvgIpc) is 3.21. The van der Waals surface area contributed by atoms with Gasteiger partial charge >= 0.3 is 0 Å². The van der Waals surface area contributed by atoms with Crippen LogP contribution in [0.2, 0.25) is 0 Å². The van der Waals surface area contributed by atoms with E-state index in [4.69, 9.17) is 4.42 Å². The highest BCUT2D eigenvalue weighted by Gasteiger charge is 2.31. The molecule has 1 aromatic carbocycles. The molecule has 0 saturated carbocycles. The molecule has 2 heterocycles. The quantitative estimate of drug-likeness (QED) is 0.718. The summed E-state index contributed by atoms with van der Waals surface area (Å²) in [5, 5.41) is 4.69. The highest BCUT2D eigenvalue weighted by Crippen LogP contribution is 2.27. The molecule has 0 unspecified atom stereocenters. The van der Waals surface area contributed by atoms with E-state index >= 15 is 0 Å². The first-order valence-corrected chi connectivity index (χ1v) is 11.5. The number of nitrogens with zero attached hydrogens (tertiary/aromatic N) is 1. The number of piperidine rings is 1. The van der Waals surface area contributed by atoms with Gasteiger partial charge in [0, 0.05) is 18.8 Å². The zero-order valence-electron chi connectivity index (χ0n) is 17.2. The van der Waals surface area contributed by atoms with Crippen LogP contribution < -0.4 is 10.6 Å². The van der Waals surface area contributed by atoms with Crippen molar-refractivity contribution in [2.75, 3.05) is 25.0 Å². The maximum absolute atomic E-state index is 12.9. The van der Waals surface area contributed by atoms with Gasteiger partial charge in [-0.05, 0) is 61.6 Å². The average molecular weight is 421 g/mol. The monoisotopic (exact) mass is 420 g/mol. The minimum atomic E-state index is -3.52. The number of carbonyl (C=O) groups is 1. The van der Waals surface area contributed by atoms with E-state index in [1.54, 1.807) is 34.8 Å². The maximum atomic E-state index is 12.9. The van der Waals surface area contributed by atoms with E-state index in [1.807, 2.05) is 24.4 Å². The summed E-state index contributed by atoms with van der Waals surface area (Å²) in [5.74, 6) is 1.37. The Hall–Kier alpha value is -2.16. The molecule has 158 valence electrons. The van der Waals surface area contributed by atoms with Gasteiger partial charge in [0.15, 0.2) is 12.3 Å². The number of hydrogen-bond donors (Lipinski definition) is 2. The van der Waals surface area contributed by atoms with Crippen LogP contribution in [0.4, 0.5) is 5.69 Å². The number of nitrogens with two attached hydrogens (primary N) is 1. The van der Waals surface area contributed by atoms with Crippen LogP contribution in [0, 0.1) is 11.8 Å². The SMILES string of the molecule is C[C@@H]1C[C@H](C)CN(S(=O)(=O)c2ccc(NC(=O)C[NH2+][C@@H](C)c3ccco3)cc2)C1. The van der Waals surface area contributed by atoms with E-state index in [2.05, 4.69) is 19.2 Å². The van der Waals surface area contributed by atoms with Gasteiger partial charge in [-0.2, -0.15) is 4.31 Å². The second kappa shape index (κ2) is 9.11. The van der Waals surface area contributed by atoms with E-state index in [-0.39, 0.29) is 23.4 Å². The third-order valence-corrected chi connectivity index (χ3v) is 7.11. The maximum Gasteiger partial charge on any atom is 0.279 e. The molecule has 2 aromatic rings. The molecule has 0 radical (unpaired) electrons. The van der Waals surface area contributed by atoms with Crippen molar-refractivity contribution in [3.63, 3.8) is 0 Å². The molecule has 0 bridgehead atoms. The Morgan fingerprint density at radius 3 is 2.45 bits per heavy atom. The van der Waals surface area contributed by atoms with Gasteiger partial charge in [0.1, 0.15) is 6.04 Å². The summed E-state index contributed by atoms with van der Waals surface area (Å²) >= 11 is 0. The fourth-order valence-electron chi connectivity index (χ4n) is 3.82. The van der Waals surface area contributed by atoms with Crippen molar-refractivity contribution in [2.45, 2.75) is 38.1 Å². The van der Waals surface area contributed by atoms with E-state index in [0.717, 1.165) is 12.2 Å². The van der Waals surface area contributed by atoms with E-state index < -0.39 is 10.0 Å². The zero-order chi connectivity index (χ0) is 21.0. The van der Waals surface area contributed by atoms with Gasteiger partial charge < -0.3 is 15.1 Å². The zero-order valence-corrected chi connectivity index (χ0v) is 18.0. The number of benzene rings is 1. The highest BCUT2D eigenvalue weighted by molar-refractivity contribution is 7.89. The van der Waals surface area contributed by atoms with Crippen LogP contribution in [0.3, 0.4) is 0 Å². The number of sulfonamides is 1. The summed E-state index contributed by atoms with van der Waals surface area (Å²) in [6.45, 7) is 7.48. The molecule has 8 heteroatoms. The minimum absolute atomic E-state index is 0.0394. The topological polar surface area (TPSA) is 96.2 Å². The molecule has 1 aliphatic heterocycles. The Morgan fingerprint density at radius 1 is 1.21 bits per heavy atom. The molecule has 3 atom stereocenters. The second-order valence-corrected chi connectivity index (χ2v) is 10.0. The molecule has 1 amide bonds. The molecule has 0 aliphatic carbocycles. The van der Waals surface area contributed by atoms with Gasteiger partial charge in [-0.3, -0.25) is 4.79 Å². The van der Waals surface area contributed by atoms with E-state index in [1.165, 1.54) is 0 Å². The van der Waals surface area contributed by atoms with Crippen LogP contribution in [0.5, 0.6) is 0 Å². The molecule has 1 aliphatic rings. The summed E-state index contributed by atoms with van der Waals surface area (Å²) in [6, 6.07) is 10.1. The van der Waals surface area contributed by atoms with Crippen molar-refractivity contribution in [1.29, 1.82) is 0 Å². The fraction of sp³-hybridized carbons (Fsp3) is 0.476. The number of rotatable bonds is 7. The normalized spacial score (nSPS) is 21.6. The largest absolute Gasteiger partial charge is 0.463 e. The summed E-state index contributed by atoms with van der Waals surface area (Å²) in [7, 11) is -3.52. The molecule has 1 aromatic heterocycles. The van der Waals surface area contributed by atoms with Crippen molar-refractivity contribution in [3.05, 3.63) is 48.4 Å². The Bertz CT molecular complexity index is 900. The number of anilines is 1. The lowest BCUT2D eigenvalue weighted by Crippen LogP contribution is -2.86. The fourth-order valence-corrected chi connectivity index (χ4v) is 5.50. The van der Waals surface area contributed by atoms with Crippen LogP contribution in [-0.2, 0) is 14.8 Å². The molecule has 1 fully saturated rings. The van der Waals surface area contributed by atoms with Crippen LogP contribution in [0.1, 0.15) is 39.0 Å². The summed E-state index contributed by atoms with van der Waals surface area (Å²) < 4.78 is 32.8. The van der Waals surface area contributed by atoms with Crippen molar-refractivity contribution in [2.24, 2.45) is 11.8 Å². The molecule has 7 nitrogen and oxygen atoms in total. The predicted molar refractivity (Wildman–Crippen MR) is 111 cm³/mol. The molecule has 29 heavy (non-hydrogen) atoms. The number of nitrogens with one attached hydrogen (secondary N) is 1. The van der Waals surface area contributed by atoms with Crippen LogP contribution >= 0.6 is 0 Å². The Balaban J connectivity index is 1.57. The van der Waals surface area contributed by atoms with Gasteiger partial charge in [-0.15, -0.1) is 0 Å². The van der Waals surface area contributed by atoms with Gasteiger partial charge in [-0.25, -0.2) is 8.42 Å². The summed E-state index contributed by atoms with van der Waals surface area (Å²) in [5.41, 5.74) is 0.577. The number of amides is 1. The van der Waals surface area contributed by atoms with Crippen molar-refractivity contribution in [1.82, 2.24) is 4.31 Å². The van der Waals surface area contributed by atoms with Gasteiger partial charge in [-0.1, -0.05) is 13.8 Å². The Kier molecular flexibility index (Phi) is 6.77. The third-order valence-electron chi connectivity index (χ3n) is 5.26. The van der Waals surface area contributed by atoms with Crippen molar-refractivity contribution in [3.8, 4) is 0 Å². The third kappa shape index (κ3) is 5.46. The van der Waals surface area contributed by atoms with E-state index in [9.17, 15) is 13.2 Å². The number of hydrogen-bond acceptors (Lipinski definition) is 4. The first-order valence-electron chi connectivity index (χ1n) is 10.0. The Labute approximate surface area is 172 Å². The lowest BCUT2D eigenvalue weighted by atomic mass is 9.94. The van der Waals surface area contributed by atoms with Crippen molar-refractivity contribution >= 4 is 21.6 Å². The van der Waals surface area contributed by atoms with Crippen molar-refractivity contribution < 1.29 is 22.9 Å². The van der Waals surface area contributed by atoms with Gasteiger partial charge in [0.05, 0.1) is 11.2 Å². The molecule has 1 saturated heterocycles. The van der Waals surface area contributed by atoms with Crippen LogP contribution in [0.25, 0.3) is 0 Å². The molecular formula is C21H30N3O4S+. The highest BCUT2D eigenvalue weighted by atomic mass is 32.2. The first-order chi connectivity index (χ1) is 13.8. The smallest absolute Gasteiger partial charge is 0.279 e. The molecule has 0 spiro atoms. The van der Waals surface area contributed by atoms with Gasteiger partial charge in [0.25, 0.3) is 5.91 Å². The minimum Gasteiger partial charge on any atom is -0.463 e. The molecule has 3 rings (SSSR count). The predicted octanol–water partition coefficient (Wildman–Crippen LogP) is 2.21. The van der Waals surface area contributed by atoms with Crippen LogP contribution in [0.15, 0.2) is 52.0 Å². The lowest BCUT2D eigenvalue weighted by Gasteiger charge is -2.34. The molecule has 3 N–H and O–H groups in total. The molecular weight excluding hydrogens is 390 g/mol. The number of furan rings is 1. The van der Waals surface area contributed by atoms with Crippen LogP contribution in [-0.4, -0.2) is 38.3 Å². The Morgan fingerprint density at radius 2 is 1.86 bits per heavy atom. The first kappa shape index (κ1) is 21.5. The summed E-state index contributed by atoms with van der Waals surface area (Å²) in [4.78, 5) is 12.4. The second-order valence-electron chi connectivity index (χ2n) is 8.08. The van der Waals surface area contributed by atoms with Gasteiger partial charge in [0.2, 0.25) is 10.0 Å². The summed E-state index contributed by atoms with van der Waals surface area (Å²) in [6.07, 6.45) is 2.66.